The fourth-order valence-corrected chi connectivity index (χ4v) is 3.95. The lowest BCUT2D eigenvalue weighted by Crippen LogP contribution is -2.26. The van der Waals surface area contributed by atoms with Crippen molar-refractivity contribution in [2.75, 3.05) is 25.5 Å². The highest BCUT2D eigenvalue weighted by Crippen LogP contribution is 2.23. The quantitative estimate of drug-likeness (QED) is 0.533. The smallest absolute Gasteiger partial charge is 0.406 e. The number of amides is 1. The molecule has 0 fully saturated rings. The van der Waals surface area contributed by atoms with E-state index in [9.17, 15) is 22.8 Å². The summed E-state index contributed by atoms with van der Waals surface area (Å²) in [6.07, 6.45) is 0.971. The van der Waals surface area contributed by atoms with Gasteiger partial charge >= 0.3 is 6.09 Å². The van der Waals surface area contributed by atoms with Gasteiger partial charge in [0.05, 0.1) is 17.2 Å². The van der Waals surface area contributed by atoms with Crippen LogP contribution in [0.1, 0.15) is 27.1 Å². The predicted molar refractivity (Wildman–Crippen MR) is 113 cm³/mol. The van der Waals surface area contributed by atoms with Crippen LogP contribution in [-0.2, 0) is 14.8 Å². The van der Waals surface area contributed by atoms with Crippen molar-refractivity contribution in [2.24, 2.45) is 0 Å². The van der Waals surface area contributed by atoms with Crippen molar-refractivity contribution in [2.45, 2.75) is 11.3 Å². The summed E-state index contributed by atoms with van der Waals surface area (Å²) in [5.41, 5.74) is 1.26. The number of carbonyl (C=O) groups excluding carboxylic acids is 3. The number of rotatable bonds is 8. The minimum atomic E-state index is -3.75. The molecule has 0 aliphatic heterocycles. The second kappa shape index (κ2) is 9.54. The number of alkyl carbamates (subject to hydrolysis) is 1. The van der Waals surface area contributed by atoms with Gasteiger partial charge in [-0.1, -0.05) is 24.3 Å². The fraction of sp³-hybridized carbons (Fsp3) is 0.190. The van der Waals surface area contributed by atoms with Crippen molar-refractivity contribution in [3.05, 3.63) is 71.4 Å². The van der Waals surface area contributed by atoms with Crippen molar-refractivity contribution in [3.8, 4) is 0 Å². The average molecular weight is 443 g/mol. The highest BCUT2D eigenvalue weighted by Gasteiger charge is 2.25. The summed E-state index contributed by atoms with van der Waals surface area (Å²) in [6.45, 7) is 0.179. The number of anilines is 1. The lowest BCUT2D eigenvalue weighted by molar-refractivity contribution is 0.0985. The number of ketones is 2. The molecule has 31 heavy (non-hydrogen) atoms. The van der Waals surface area contributed by atoms with Crippen LogP contribution in [0.5, 0.6) is 0 Å². The zero-order valence-corrected chi connectivity index (χ0v) is 17.5. The molecule has 0 radical (unpaired) electrons. The van der Waals surface area contributed by atoms with Crippen LogP contribution >= 0.6 is 0 Å². The van der Waals surface area contributed by atoms with Crippen LogP contribution in [0, 0.1) is 0 Å². The van der Waals surface area contributed by atoms with Gasteiger partial charge in [0.1, 0.15) is 0 Å². The molecule has 3 rings (SSSR count). The molecule has 0 heterocycles. The third kappa shape index (κ3) is 5.36. The summed E-state index contributed by atoms with van der Waals surface area (Å²) in [5.74, 6) is -0.589. The number of ether oxygens (including phenoxy) is 1. The van der Waals surface area contributed by atoms with Gasteiger partial charge in [-0.25, -0.2) is 17.9 Å². The van der Waals surface area contributed by atoms with Crippen LogP contribution in [-0.4, -0.2) is 46.3 Å². The molecule has 0 saturated heterocycles. The zero-order valence-electron chi connectivity index (χ0n) is 16.7. The number of carbonyl (C=O) groups is 3. The normalized spacial score (nSPS) is 13.3. The number of allylic oxidation sites excluding steroid dienone is 2. The Morgan fingerprint density at radius 2 is 1.68 bits per heavy atom. The van der Waals surface area contributed by atoms with Crippen LogP contribution < -0.4 is 15.4 Å². The van der Waals surface area contributed by atoms with E-state index in [0.717, 1.165) is 0 Å². The summed E-state index contributed by atoms with van der Waals surface area (Å²) < 4.78 is 31.9. The van der Waals surface area contributed by atoms with Crippen LogP contribution in [0.25, 0.3) is 0 Å². The summed E-state index contributed by atoms with van der Waals surface area (Å²) in [7, 11) is -2.31. The molecule has 0 saturated carbocycles. The molecule has 3 N–H and O–H groups in total. The number of sulfonamides is 1. The summed E-state index contributed by atoms with van der Waals surface area (Å²) in [5, 5.41) is 5.17. The number of fused-ring (bicyclic) bond motifs is 1. The molecule has 2 aromatic rings. The number of Topliss-reactive ketones (excluding diaryl/α,β-unsaturated/α-hetero) is 1. The number of hydrogen-bond donors (Lipinski definition) is 3. The lowest BCUT2D eigenvalue weighted by Gasteiger charge is -2.16. The SMILES string of the molecule is CNC(=O)OCCCNS(=O)(=O)c1ccc(NC2=CC(=O)c3ccccc3C2=O)cc1. The van der Waals surface area contributed by atoms with Crippen LogP contribution in [0.3, 0.4) is 0 Å². The van der Waals surface area contributed by atoms with Gasteiger partial charge in [-0.15, -0.1) is 0 Å². The molecule has 1 amide bonds. The molecule has 0 bridgehead atoms. The molecule has 0 aromatic heterocycles. The Hall–Kier alpha value is -3.50. The topological polar surface area (TPSA) is 131 Å². The molecule has 1 aliphatic carbocycles. The Bertz CT molecular complexity index is 1140. The van der Waals surface area contributed by atoms with E-state index in [-0.39, 0.29) is 35.3 Å². The monoisotopic (exact) mass is 443 g/mol. The first kappa shape index (κ1) is 22.2. The van der Waals surface area contributed by atoms with Crippen molar-refractivity contribution in [1.29, 1.82) is 0 Å². The van der Waals surface area contributed by atoms with Gasteiger partial charge in [-0.05, 0) is 30.7 Å². The van der Waals surface area contributed by atoms with E-state index in [1.54, 1.807) is 24.3 Å². The van der Waals surface area contributed by atoms with Gasteiger partial charge in [-0.2, -0.15) is 0 Å². The maximum absolute atomic E-state index is 12.6. The van der Waals surface area contributed by atoms with Crippen molar-refractivity contribution in [1.82, 2.24) is 10.0 Å². The zero-order chi connectivity index (χ0) is 22.4. The summed E-state index contributed by atoms with van der Waals surface area (Å²) in [6, 6.07) is 12.3. The third-order valence-corrected chi connectivity index (χ3v) is 5.93. The van der Waals surface area contributed by atoms with Crippen LogP contribution in [0.15, 0.2) is 65.2 Å². The molecule has 0 unspecified atom stereocenters. The maximum atomic E-state index is 12.6. The number of nitrogens with one attached hydrogen (secondary N) is 3. The number of hydrogen-bond acceptors (Lipinski definition) is 7. The van der Waals surface area contributed by atoms with E-state index in [1.807, 2.05) is 0 Å². The average Bonchev–Trinajstić information content (AvgIpc) is 2.77. The van der Waals surface area contributed by atoms with Gasteiger partial charge in [0.2, 0.25) is 15.8 Å². The Labute approximate surface area is 179 Å². The van der Waals surface area contributed by atoms with Gasteiger partial charge in [-0.3, -0.25) is 9.59 Å². The molecule has 0 atom stereocenters. The molecule has 1 aliphatic rings. The van der Waals surface area contributed by atoms with Gasteiger partial charge in [0.15, 0.2) is 5.78 Å². The Kier molecular flexibility index (Phi) is 6.83. The van der Waals surface area contributed by atoms with Gasteiger partial charge in [0.25, 0.3) is 0 Å². The first-order chi connectivity index (χ1) is 14.8. The Morgan fingerprint density at radius 1 is 1.00 bits per heavy atom. The highest BCUT2D eigenvalue weighted by atomic mass is 32.2. The van der Waals surface area contributed by atoms with Gasteiger partial charge in [0, 0.05) is 36.5 Å². The maximum Gasteiger partial charge on any atom is 0.406 e. The molecule has 10 heteroatoms. The minimum Gasteiger partial charge on any atom is -0.450 e. The van der Waals surface area contributed by atoms with E-state index in [0.29, 0.717) is 23.2 Å². The van der Waals surface area contributed by atoms with Crippen LogP contribution in [0.2, 0.25) is 0 Å². The summed E-state index contributed by atoms with van der Waals surface area (Å²) in [4.78, 5) is 35.8. The van der Waals surface area contributed by atoms with E-state index >= 15 is 0 Å². The Morgan fingerprint density at radius 3 is 2.35 bits per heavy atom. The second-order valence-electron chi connectivity index (χ2n) is 6.58. The third-order valence-electron chi connectivity index (χ3n) is 4.45. The largest absolute Gasteiger partial charge is 0.450 e. The molecule has 162 valence electrons. The minimum absolute atomic E-state index is 0.0376. The van der Waals surface area contributed by atoms with E-state index < -0.39 is 16.1 Å². The molecule has 2 aromatic carbocycles. The van der Waals surface area contributed by atoms with E-state index in [4.69, 9.17) is 4.74 Å². The predicted octanol–water partition coefficient (Wildman–Crippen LogP) is 2.09. The van der Waals surface area contributed by atoms with Crippen LogP contribution in [0.4, 0.5) is 10.5 Å². The lowest BCUT2D eigenvalue weighted by atomic mass is 9.92. The molecular formula is C21H21N3O6S. The Balaban J connectivity index is 1.61. The second-order valence-corrected chi connectivity index (χ2v) is 8.35. The molecule has 0 spiro atoms. The summed E-state index contributed by atoms with van der Waals surface area (Å²) >= 11 is 0. The van der Waals surface area contributed by atoms with E-state index in [2.05, 4.69) is 15.4 Å². The highest BCUT2D eigenvalue weighted by molar-refractivity contribution is 7.89. The standard InChI is InChI=1S/C21H21N3O6S/c1-22-21(27)30-12-4-11-23-31(28,29)15-9-7-14(8-10-15)24-18-13-19(25)16-5-2-3-6-17(16)20(18)26/h2-3,5-10,13,23-24H,4,11-12H2,1H3,(H,22,27). The van der Waals surface area contributed by atoms with E-state index in [1.165, 1.54) is 37.4 Å². The van der Waals surface area contributed by atoms with Gasteiger partial charge < -0.3 is 15.4 Å². The fourth-order valence-electron chi connectivity index (χ4n) is 2.88. The number of benzene rings is 2. The van der Waals surface area contributed by atoms with Crippen molar-refractivity contribution < 1.29 is 27.5 Å². The van der Waals surface area contributed by atoms with Crippen molar-refractivity contribution in [3.63, 3.8) is 0 Å². The first-order valence-electron chi connectivity index (χ1n) is 9.43. The molecule has 9 nitrogen and oxygen atoms in total. The van der Waals surface area contributed by atoms with Crippen molar-refractivity contribution >= 4 is 33.4 Å². The first-order valence-corrected chi connectivity index (χ1v) is 10.9. The molecular weight excluding hydrogens is 422 g/mol.